The van der Waals surface area contributed by atoms with Gasteiger partial charge < -0.3 is 4.74 Å². The van der Waals surface area contributed by atoms with E-state index < -0.39 is 0 Å². The average Bonchev–Trinajstić information content (AvgIpc) is 2.47. The Labute approximate surface area is 125 Å². The highest BCUT2D eigenvalue weighted by molar-refractivity contribution is 5.06. The highest BCUT2D eigenvalue weighted by Crippen LogP contribution is 2.17. The van der Waals surface area contributed by atoms with E-state index in [9.17, 15) is 5.26 Å². The van der Waals surface area contributed by atoms with Crippen molar-refractivity contribution >= 4 is 0 Å². The van der Waals surface area contributed by atoms with Crippen LogP contribution >= 0.6 is 0 Å². The molecule has 0 aromatic carbocycles. The fourth-order valence-corrected chi connectivity index (χ4v) is 2.55. The van der Waals surface area contributed by atoms with Crippen molar-refractivity contribution in [1.29, 1.82) is 5.26 Å². The van der Waals surface area contributed by atoms with Crippen molar-refractivity contribution in [2.75, 3.05) is 33.4 Å². The third-order valence-corrected chi connectivity index (χ3v) is 4.02. The second-order valence-corrected chi connectivity index (χ2v) is 5.51. The van der Waals surface area contributed by atoms with Crippen LogP contribution in [-0.2, 0) is 4.74 Å². The van der Waals surface area contributed by atoms with Gasteiger partial charge in [0.25, 0.3) is 0 Å². The molecule has 0 aromatic heterocycles. The van der Waals surface area contributed by atoms with Crippen molar-refractivity contribution in [2.45, 2.75) is 65.0 Å². The zero-order chi connectivity index (χ0) is 15.4. The van der Waals surface area contributed by atoms with Crippen molar-refractivity contribution < 1.29 is 4.74 Å². The van der Waals surface area contributed by atoms with Gasteiger partial charge in [-0.1, -0.05) is 20.8 Å². The summed E-state index contributed by atoms with van der Waals surface area (Å²) in [5, 5.41) is 12.9. The van der Waals surface area contributed by atoms with E-state index in [1.54, 1.807) is 7.11 Å². The van der Waals surface area contributed by atoms with Crippen LogP contribution in [0.3, 0.4) is 0 Å². The molecule has 0 aliphatic rings. The minimum atomic E-state index is -0.347. The lowest BCUT2D eigenvalue weighted by atomic mass is 9.91. The Kier molecular flexibility index (Phi) is 10.7. The number of nitrogens with one attached hydrogen (secondary N) is 1. The smallest absolute Gasteiger partial charge is 0.106 e. The molecule has 20 heavy (non-hydrogen) atoms. The maximum absolute atomic E-state index is 9.47. The first-order valence-corrected chi connectivity index (χ1v) is 7.98. The molecule has 0 spiro atoms. The van der Waals surface area contributed by atoms with Gasteiger partial charge in [0.1, 0.15) is 5.54 Å². The highest BCUT2D eigenvalue weighted by Gasteiger charge is 2.26. The molecule has 0 fully saturated rings. The van der Waals surface area contributed by atoms with Crippen LogP contribution in [0, 0.1) is 11.3 Å². The van der Waals surface area contributed by atoms with Crippen LogP contribution < -0.4 is 5.32 Å². The van der Waals surface area contributed by atoms with Gasteiger partial charge in [-0.2, -0.15) is 5.26 Å². The summed E-state index contributed by atoms with van der Waals surface area (Å²) in [6, 6.07) is 2.93. The second kappa shape index (κ2) is 11.1. The molecular weight excluding hydrogens is 250 g/mol. The molecule has 0 aliphatic heterocycles. The summed E-state index contributed by atoms with van der Waals surface area (Å²) in [6.07, 6.45) is 3.88. The predicted octanol–water partition coefficient (Wildman–Crippen LogP) is 2.80. The molecule has 118 valence electrons. The van der Waals surface area contributed by atoms with E-state index in [4.69, 9.17) is 4.74 Å². The predicted molar refractivity (Wildman–Crippen MR) is 84.7 cm³/mol. The summed E-state index contributed by atoms with van der Waals surface area (Å²) in [5.74, 6) is 0. The summed E-state index contributed by atoms with van der Waals surface area (Å²) >= 11 is 0. The van der Waals surface area contributed by atoms with E-state index in [-0.39, 0.29) is 5.54 Å². The van der Waals surface area contributed by atoms with E-state index in [1.165, 1.54) is 0 Å². The van der Waals surface area contributed by atoms with Gasteiger partial charge in [-0.15, -0.1) is 0 Å². The molecule has 0 heterocycles. The molecule has 4 nitrogen and oxygen atoms in total. The molecule has 2 unspecified atom stereocenters. The SMILES string of the molecule is CCCNC(C#N)(CC)CCCN(CC)C(C)COC. The summed E-state index contributed by atoms with van der Waals surface area (Å²) in [7, 11) is 1.75. The minimum Gasteiger partial charge on any atom is -0.383 e. The highest BCUT2D eigenvalue weighted by atomic mass is 16.5. The zero-order valence-electron chi connectivity index (χ0n) is 14.0. The lowest BCUT2D eigenvalue weighted by molar-refractivity contribution is 0.100. The van der Waals surface area contributed by atoms with Crippen LogP contribution in [-0.4, -0.2) is 49.8 Å². The Hall–Kier alpha value is -0.630. The zero-order valence-corrected chi connectivity index (χ0v) is 14.0. The number of ether oxygens (including phenoxy) is 1. The van der Waals surface area contributed by atoms with E-state index in [1.807, 2.05) is 0 Å². The standard InChI is InChI=1S/C16H33N3O/c1-6-11-18-16(7-2,14-17)10-9-12-19(8-3)15(4)13-20-5/h15,18H,6-13H2,1-5H3. The van der Waals surface area contributed by atoms with Crippen molar-refractivity contribution in [3.05, 3.63) is 0 Å². The summed E-state index contributed by atoms with van der Waals surface area (Å²) in [4.78, 5) is 2.42. The van der Waals surface area contributed by atoms with Crippen LogP contribution in [0.1, 0.15) is 53.4 Å². The van der Waals surface area contributed by atoms with Gasteiger partial charge >= 0.3 is 0 Å². The Balaban J connectivity index is 4.31. The molecule has 0 radical (unpaired) electrons. The molecular formula is C16H33N3O. The fourth-order valence-electron chi connectivity index (χ4n) is 2.55. The Morgan fingerprint density at radius 3 is 2.50 bits per heavy atom. The number of nitrogens with zero attached hydrogens (tertiary/aromatic N) is 2. The van der Waals surface area contributed by atoms with Crippen LogP contribution in [0.4, 0.5) is 0 Å². The number of methoxy groups -OCH3 is 1. The normalized spacial score (nSPS) is 15.8. The molecule has 0 saturated carbocycles. The molecule has 0 saturated heterocycles. The molecule has 2 atom stereocenters. The van der Waals surface area contributed by atoms with Gasteiger partial charge in [-0.05, 0) is 52.2 Å². The number of hydrogen-bond donors (Lipinski definition) is 1. The van der Waals surface area contributed by atoms with Crippen molar-refractivity contribution in [3.8, 4) is 6.07 Å². The maximum atomic E-state index is 9.47. The Morgan fingerprint density at radius 2 is 2.05 bits per heavy atom. The molecule has 0 rings (SSSR count). The third kappa shape index (κ3) is 6.69. The van der Waals surface area contributed by atoms with E-state index in [2.05, 4.69) is 44.0 Å². The lowest BCUT2D eigenvalue weighted by Gasteiger charge is -2.30. The van der Waals surface area contributed by atoms with E-state index >= 15 is 0 Å². The van der Waals surface area contributed by atoms with Crippen LogP contribution in [0.25, 0.3) is 0 Å². The third-order valence-electron chi connectivity index (χ3n) is 4.02. The van der Waals surface area contributed by atoms with Gasteiger partial charge in [-0.3, -0.25) is 10.2 Å². The first-order chi connectivity index (χ1) is 9.59. The van der Waals surface area contributed by atoms with E-state index in [0.29, 0.717) is 6.04 Å². The monoisotopic (exact) mass is 283 g/mol. The van der Waals surface area contributed by atoms with Gasteiger partial charge in [0.15, 0.2) is 0 Å². The first kappa shape index (κ1) is 19.4. The van der Waals surface area contributed by atoms with Gasteiger partial charge in [0, 0.05) is 13.2 Å². The summed E-state index contributed by atoms with van der Waals surface area (Å²) < 4.78 is 5.22. The molecule has 4 heteroatoms. The Morgan fingerprint density at radius 1 is 1.35 bits per heavy atom. The molecule has 1 N–H and O–H groups in total. The van der Waals surface area contributed by atoms with Crippen molar-refractivity contribution in [1.82, 2.24) is 10.2 Å². The van der Waals surface area contributed by atoms with Crippen molar-refractivity contribution in [2.24, 2.45) is 0 Å². The van der Waals surface area contributed by atoms with E-state index in [0.717, 1.165) is 51.9 Å². The number of hydrogen-bond acceptors (Lipinski definition) is 4. The quantitative estimate of drug-likeness (QED) is 0.598. The Bertz CT molecular complexity index is 277. The van der Waals surface area contributed by atoms with Crippen molar-refractivity contribution in [3.63, 3.8) is 0 Å². The molecule has 0 aliphatic carbocycles. The lowest BCUT2D eigenvalue weighted by Crippen LogP contribution is -2.45. The topological polar surface area (TPSA) is 48.3 Å². The van der Waals surface area contributed by atoms with Crippen LogP contribution in [0.2, 0.25) is 0 Å². The number of rotatable bonds is 12. The maximum Gasteiger partial charge on any atom is 0.106 e. The summed E-state index contributed by atoms with van der Waals surface area (Å²) in [5.41, 5.74) is -0.347. The fraction of sp³-hybridized carbons (Fsp3) is 0.938. The molecule has 0 bridgehead atoms. The average molecular weight is 283 g/mol. The minimum absolute atomic E-state index is 0.347. The second-order valence-electron chi connectivity index (χ2n) is 5.51. The number of nitriles is 1. The number of likely N-dealkylation sites (N-methyl/N-ethyl adjacent to an activating group) is 1. The first-order valence-electron chi connectivity index (χ1n) is 7.98. The van der Waals surface area contributed by atoms with Gasteiger partial charge in [0.2, 0.25) is 0 Å². The largest absolute Gasteiger partial charge is 0.383 e. The van der Waals surface area contributed by atoms with Gasteiger partial charge in [0.05, 0.1) is 12.7 Å². The molecule has 0 amide bonds. The summed E-state index contributed by atoms with van der Waals surface area (Å²) in [6.45, 7) is 12.3. The van der Waals surface area contributed by atoms with Crippen LogP contribution in [0.15, 0.2) is 0 Å². The van der Waals surface area contributed by atoms with Gasteiger partial charge in [-0.25, -0.2) is 0 Å². The van der Waals surface area contributed by atoms with Crippen LogP contribution in [0.5, 0.6) is 0 Å². The molecule has 0 aromatic rings.